The van der Waals surface area contributed by atoms with E-state index in [1.165, 1.54) is 13.4 Å². The van der Waals surface area contributed by atoms with Gasteiger partial charge in [0.1, 0.15) is 34.7 Å². The standard InChI is InChI=1S/C35H45BrFN7O9/c1-32(2,3)51-29(46)41-35(28(45)49-10)12-13-42(16-35)24-20(21(36)22(37)19-11-14-50-25(19)24)15-43-18-40-23-26(43)38-17-39-27(23)44(30(47)52-33(4,5)6)31(48)53-34(7,8)9/h17-18H,11-16H2,1-10H3,(H,41,46)/t35-/m1/s1. The second kappa shape index (κ2) is 14.2. The third-order valence-electron chi connectivity index (χ3n) is 8.07. The molecule has 1 aromatic carbocycles. The van der Waals surface area contributed by atoms with Gasteiger partial charge in [-0.15, -0.1) is 0 Å². The first-order valence-corrected chi connectivity index (χ1v) is 17.8. The topological polar surface area (TPSA) is 177 Å². The van der Waals surface area contributed by atoms with Crippen molar-refractivity contribution in [3.05, 3.63) is 34.1 Å². The number of imidazole rings is 1. The minimum absolute atomic E-state index is 0.0441. The number of nitrogens with one attached hydrogen (secondary N) is 1. The SMILES string of the molecule is COC(=O)[C@@]1(NC(=O)OC(C)(C)C)CCN(c2c(Cn3cnc4c(N(C(=O)OC(C)(C)C)C(=O)OC(C)(C)C)ncnc43)c(Br)c(F)c3c2OCC3)C1. The molecule has 0 saturated carbocycles. The number of hydrogen-bond acceptors (Lipinski definition) is 13. The summed E-state index contributed by atoms with van der Waals surface area (Å²) < 4.78 is 45.4. The van der Waals surface area contributed by atoms with Crippen LogP contribution in [0.15, 0.2) is 17.1 Å². The molecule has 16 nitrogen and oxygen atoms in total. The molecule has 1 N–H and O–H groups in total. The molecule has 3 amide bonds. The zero-order chi connectivity index (χ0) is 39.3. The number of ether oxygens (including phenoxy) is 5. The number of anilines is 2. The average molecular weight is 807 g/mol. The molecule has 2 aromatic heterocycles. The molecule has 4 heterocycles. The van der Waals surface area contributed by atoms with Gasteiger partial charge in [-0.2, -0.15) is 4.90 Å². The van der Waals surface area contributed by atoms with Gasteiger partial charge in [0.2, 0.25) is 0 Å². The Hall–Kier alpha value is -4.74. The highest BCUT2D eigenvalue weighted by Crippen LogP contribution is 2.47. The number of methoxy groups -OCH3 is 1. The van der Waals surface area contributed by atoms with Gasteiger partial charge in [-0.3, -0.25) is 0 Å². The van der Waals surface area contributed by atoms with E-state index < -0.39 is 52.4 Å². The Morgan fingerprint density at radius 2 is 1.60 bits per heavy atom. The minimum atomic E-state index is -1.49. The molecule has 0 aliphatic carbocycles. The molecule has 1 fully saturated rings. The van der Waals surface area contributed by atoms with Crippen LogP contribution in [-0.4, -0.2) is 92.9 Å². The second-order valence-electron chi connectivity index (χ2n) is 15.8. The van der Waals surface area contributed by atoms with E-state index in [0.29, 0.717) is 33.9 Å². The first kappa shape index (κ1) is 39.5. The van der Waals surface area contributed by atoms with E-state index in [-0.39, 0.29) is 54.1 Å². The number of carbonyl (C=O) groups excluding carboxylic acids is 4. The average Bonchev–Trinajstić information content (AvgIpc) is 3.77. The van der Waals surface area contributed by atoms with Crippen molar-refractivity contribution < 1.29 is 47.3 Å². The Labute approximate surface area is 314 Å². The Morgan fingerprint density at radius 1 is 0.981 bits per heavy atom. The van der Waals surface area contributed by atoms with Crippen molar-refractivity contribution in [3.63, 3.8) is 0 Å². The maximum atomic E-state index is 16.0. The van der Waals surface area contributed by atoms with Gasteiger partial charge in [-0.1, -0.05) is 0 Å². The minimum Gasteiger partial charge on any atom is -0.491 e. The number of imide groups is 1. The zero-order valence-corrected chi connectivity index (χ0v) is 33.1. The van der Waals surface area contributed by atoms with E-state index in [4.69, 9.17) is 23.7 Å². The van der Waals surface area contributed by atoms with Gasteiger partial charge in [-0.05, 0) is 78.2 Å². The highest BCUT2D eigenvalue weighted by molar-refractivity contribution is 9.10. The van der Waals surface area contributed by atoms with E-state index in [9.17, 15) is 19.2 Å². The highest BCUT2D eigenvalue weighted by atomic mass is 79.9. The monoisotopic (exact) mass is 805 g/mol. The number of fused-ring (bicyclic) bond motifs is 2. The van der Waals surface area contributed by atoms with Gasteiger partial charge in [0.05, 0.1) is 43.3 Å². The van der Waals surface area contributed by atoms with Crippen molar-refractivity contribution in [2.45, 2.75) is 104 Å². The van der Waals surface area contributed by atoms with Crippen LogP contribution in [0.25, 0.3) is 11.2 Å². The Kier molecular flexibility index (Phi) is 10.6. The van der Waals surface area contributed by atoms with Crippen molar-refractivity contribution in [1.29, 1.82) is 0 Å². The summed E-state index contributed by atoms with van der Waals surface area (Å²) in [6, 6.07) is 0. The number of alkyl carbamates (subject to hydrolysis) is 1. The van der Waals surface area contributed by atoms with Crippen LogP contribution < -0.4 is 19.9 Å². The lowest BCUT2D eigenvalue weighted by Gasteiger charge is -2.31. The third kappa shape index (κ3) is 8.41. The van der Waals surface area contributed by atoms with Crippen LogP contribution in [0.2, 0.25) is 0 Å². The van der Waals surface area contributed by atoms with Crippen LogP contribution in [0.1, 0.15) is 79.9 Å². The lowest BCUT2D eigenvalue weighted by atomic mass is 9.99. The van der Waals surface area contributed by atoms with Crippen LogP contribution in [0.3, 0.4) is 0 Å². The van der Waals surface area contributed by atoms with Crippen molar-refractivity contribution in [2.75, 3.05) is 36.6 Å². The van der Waals surface area contributed by atoms with Gasteiger partial charge >= 0.3 is 24.2 Å². The lowest BCUT2D eigenvalue weighted by molar-refractivity contribution is -0.147. The van der Waals surface area contributed by atoms with E-state index in [2.05, 4.69) is 36.2 Å². The largest absolute Gasteiger partial charge is 0.491 e. The number of aromatic nitrogens is 4. The summed E-state index contributed by atoms with van der Waals surface area (Å²) in [6.45, 7) is 15.4. The zero-order valence-electron chi connectivity index (χ0n) is 31.5. The van der Waals surface area contributed by atoms with Crippen molar-refractivity contribution in [1.82, 2.24) is 24.8 Å². The summed E-state index contributed by atoms with van der Waals surface area (Å²) in [7, 11) is 1.23. The molecule has 0 radical (unpaired) electrons. The fourth-order valence-electron chi connectivity index (χ4n) is 6.06. The number of esters is 1. The van der Waals surface area contributed by atoms with Crippen LogP contribution in [0, 0.1) is 5.82 Å². The first-order chi connectivity index (χ1) is 24.5. The first-order valence-electron chi connectivity index (χ1n) is 17.0. The number of carbonyl (C=O) groups is 4. The van der Waals surface area contributed by atoms with Gasteiger partial charge in [0.15, 0.2) is 22.5 Å². The summed E-state index contributed by atoms with van der Waals surface area (Å²) in [4.78, 5) is 68.7. The van der Waals surface area contributed by atoms with Crippen LogP contribution in [0.4, 0.5) is 30.3 Å². The summed E-state index contributed by atoms with van der Waals surface area (Å²) in [5.74, 6) is -1.06. The van der Waals surface area contributed by atoms with Crippen LogP contribution in [-0.2, 0) is 36.7 Å². The maximum absolute atomic E-state index is 16.0. The Balaban J connectivity index is 1.59. The van der Waals surface area contributed by atoms with Crippen molar-refractivity contribution >= 4 is 62.8 Å². The number of halogens is 2. The predicted octanol–water partition coefficient (Wildman–Crippen LogP) is 6.03. The number of nitrogens with zero attached hydrogens (tertiary/aromatic N) is 6. The molecule has 1 saturated heterocycles. The highest BCUT2D eigenvalue weighted by Gasteiger charge is 2.49. The predicted molar refractivity (Wildman–Crippen MR) is 194 cm³/mol. The molecule has 0 spiro atoms. The van der Waals surface area contributed by atoms with E-state index in [0.717, 1.165) is 6.33 Å². The summed E-state index contributed by atoms with van der Waals surface area (Å²) in [6.07, 6.45) is 0.180. The quantitative estimate of drug-likeness (QED) is 0.226. The summed E-state index contributed by atoms with van der Waals surface area (Å²) in [5.41, 5.74) is -2.72. The van der Waals surface area contributed by atoms with E-state index >= 15 is 4.39 Å². The van der Waals surface area contributed by atoms with Crippen LogP contribution >= 0.6 is 15.9 Å². The van der Waals surface area contributed by atoms with Crippen LogP contribution in [0.5, 0.6) is 5.75 Å². The fraction of sp³-hybridized carbons (Fsp3) is 0.571. The normalized spacial score (nSPS) is 17.2. The number of hydrogen-bond donors (Lipinski definition) is 1. The second-order valence-corrected chi connectivity index (χ2v) is 16.6. The molecular weight excluding hydrogens is 761 g/mol. The van der Waals surface area contributed by atoms with E-state index in [1.807, 2.05) is 4.90 Å². The van der Waals surface area contributed by atoms with Crippen molar-refractivity contribution in [2.24, 2.45) is 0 Å². The van der Waals surface area contributed by atoms with E-state index in [1.54, 1.807) is 66.9 Å². The fourth-order valence-corrected chi connectivity index (χ4v) is 6.61. The molecule has 2 aliphatic rings. The molecule has 288 valence electrons. The molecular formula is C35H45BrFN7O9. The number of benzene rings is 1. The van der Waals surface area contributed by atoms with Gasteiger partial charge < -0.3 is 38.5 Å². The molecule has 3 aromatic rings. The molecule has 1 atom stereocenters. The Bertz CT molecular complexity index is 1920. The molecule has 18 heteroatoms. The lowest BCUT2D eigenvalue weighted by Crippen LogP contribution is -2.57. The smallest absolute Gasteiger partial charge is 0.425 e. The summed E-state index contributed by atoms with van der Waals surface area (Å²) in [5, 5.41) is 2.73. The van der Waals surface area contributed by atoms with Gasteiger partial charge in [-0.25, -0.2) is 38.5 Å². The number of rotatable bonds is 6. The van der Waals surface area contributed by atoms with Gasteiger partial charge in [0.25, 0.3) is 0 Å². The molecule has 2 aliphatic heterocycles. The third-order valence-corrected chi connectivity index (χ3v) is 8.90. The summed E-state index contributed by atoms with van der Waals surface area (Å²) >= 11 is 3.48. The molecule has 5 rings (SSSR count). The Morgan fingerprint density at radius 3 is 2.19 bits per heavy atom. The molecule has 0 bridgehead atoms. The van der Waals surface area contributed by atoms with Crippen molar-refractivity contribution in [3.8, 4) is 5.75 Å². The maximum Gasteiger partial charge on any atom is 0.425 e. The van der Waals surface area contributed by atoms with Gasteiger partial charge in [0, 0.05) is 30.5 Å². The number of amides is 3. The molecule has 0 unspecified atom stereocenters. The molecule has 53 heavy (non-hydrogen) atoms.